The van der Waals surface area contributed by atoms with Crippen molar-refractivity contribution in [3.8, 4) is 11.5 Å². The van der Waals surface area contributed by atoms with E-state index in [4.69, 9.17) is 14.5 Å². The number of hydrogen-bond donors (Lipinski definition) is 2. The number of esters is 1. The van der Waals surface area contributed by atoms with Gasteiger partial charge < -0.3 is 20.1 Å². The zero-order valence-corrected chi connectivity index (χ0v) is 19.5. The Morgan fingerprint density at radius 2 is 2.22 bits per heavy atom. The number of benzene rings is 1. The molecule has 0 spiro atoms. The molecule has 0 saturated carbocycles. The number of rotatable bonds is 9. The topological polar surface area (TPSA) is 85.4 Å². The van der Waals surface area contributed by atoms with Crippen LogP contribution in [0.1, 0.15) is 30.9 Å². The fourth-order valence-electron chi connectivity index (χ4n) is 3.38. The minimum atomic E-state index is -0.225. The molecule has 3 aromatic rings. The van der Waals surface area contributed by atoms with E-state index in [9.17, 15) is 4.79 Å². The number of methoxy groups -OCH3 is 1. The molecule has 0 bridgehead atoms. The van der Waals surface area contributed by atoms with Crippen molar-refractivity contribution in [2.45, 2.75) is 30.1 Å². The molecule has 2 aromatic heterocycles. The number of ether oxygens (including phenoxy) is 2. The summed E-state index contributed by atoms with van der Waals surface area (Å²) in [6, 6.07) is 11.5. The number of anilines is 2. The summed E-state index contributed by atoms with van der Waals surface area (Å²) in [5.41, 5.74) is 1.12. The molecule has 0 amide bonds. The highest BCUT2D eigenvalue weighted by Crippen LogP contribution is 2.35. The third-order valence-electron chi connectivity index (χ3n) is 5.06. The molecule has 168 valence electrons. The number of piperidine rings is 1. The Hall–Kier alpha value is -2.62. The molecule has 0 aliphatic carbocycles. The lowest BCUT2D eigenvalue weighted by Crippen LogP contribution is -2.28. The van der Waals surface area contributed by atoms with Crippen molar-refractivity contribution in [3.05, 3.63) is 53.7 Å². The first-order valence-corrected chi connectivity index (χ1v) is 12.4. The van der Waals surface area contributed by atoms with Gasteiger partial charge in [0.15, 0.2) is 16.7 Å². The molecular formula is C23H26N4O3S2. The van der Waals surface area contributed by atoms with E-state index < -0.39 is 0 Å². The van der Waals surface area contributed by atoms with Crippen LogP contribution < -0.4 is 15.4 Å². The van der Waals surface area contributed by atoms with E-state index in [1.54, 1.807) is 17.5 Å². The molecule has 1 atom stereocenters. The monoisotopic (exact) mass is 470 g/mol. The Morgan fingerprint density at radius 1 is 1.34 bits per heavy atom. The number of hydrogen-bond acceptors (Lipinski definition) is 9. The molecule has 1 saturated heterocycles. The Morgan fingerprint density at radius 3 is 3.00 bits per heavy atom. The van der Waals surface area contributed by atoms with Gasteiger partial charge in [0.25, 0.3) is 0 Å². The average Bonchev–Trinajstić information content (AvgIpc) is 3.30. The van der Waals surface area contributed by atoms with Crippen molar-refractivity contribution in [1.29, 1.82) is 0 Å². The summed E-state index contributed by atoms with van der Waals surface area (Å²) >= 11 is 3.11. The number of nitrogens with zero attached hydrogens (tertiary/aromatic N) is 2. The van der Waals surface area contributed by atoms with Gasteiger partial charge in [-0.2, -0.15) is 0 Å². The largest absolute Gasteiger partial charge is 0.469 e. The fourth-order valence-corrected chi connectivity index (χ4v) is 5.00. The van der Waals surface area contributed by atoms with E-state index in [1.807, 2.05) is 36.4 Å². The van der Waals surface area contributed by atoms with Gasteiger partial charge in [0.2, 0.25) is 0 Å². The molecule has 3 heterocycles. The van der Waals surface area contributed by atoms with Gasteiger partial charge in [0.1, 0.15) is 5.75 Å². The third-order valence-corrected chi connectivity index (χ3v) is 6.80. The van der Waals surface area contributed by atoms with Crippen LogP contribution >= 0.6 is 23.1 Å². The number of aromatic nitrogens is 2. The molecule has 1 fully saturated rings. The lowest BCUT2D eigenvalue weighted by molar-refractivity contribution is -0.140. The number of para-hydroxylation sites is 1. The van der Waals surface area contributed by atoms with Gasteiger partial charge in [0.05, 0.1) is 19.2 Å². The van der Waals surface area contributed by atoms with Crippen molar-refractivity contribution in [3.63, 3.8) is 0 Å². The molecule has 1 aromatic carbocycles. The minimum absolute atomic E-state index is 0.225. The normalized spacial score (nSPS) is 15.8. The SMILES string of the molecule is COC(=O)CCSc1cnc(Nc2nc(C3CCCNC3)cs2)c(Oc2ccccc2)c1. The summed E-state index contributed by atoms with van der Waals surface area (Å²) in [6.45, 7) is 2.06. The van der Waals surface area contributed by atoms with E-state index in [1.165, 1.54) is 25.3 Å². The van der Waals surface area contributed by atoms with Gasteiger partial charge in [-0.05, 0) is 37.6 Å². The van der Waals surface area contributed by atoms with Crippen LogP contribution in [-0.2, 0) is 9.53 Å². The Bertz CT molecular complexity index is 1020. The highest BCUT2D eigenvalue weighted by molar-refractivity contribution is 7.99. The van der Waals surface area contributed by atoms with Gasteiger partial charge in [-0.25, -0.2) is 9.97 Å². The van der Waals surface area contributed by atoms with Crippen LogP contribution in [0.4, 0.5) is 10.9 Å². The summed E-state index contributed by atoms with van der Waals surface area (Å²) in [5.74, 6) is 2.78. The second-order valence-electron chi connectivity index (χ2n) is 7.35. The van der Waals surface area contributed by atoms with Gasteiger partial charge in [-0.3, -0.25) is 4.79 Å². The Kier molecular flexibility index (Phi) is 7.97. The molecule has 32 heavy (non-hydrogen) atoms. The van der Waals surface area contributed by atoms with Crippen LogP contribution in [-0.4, -0.2) is 41.9 Å². The lowest BCUT2D eigenvalue weighted by atomic mass is 9.97. The maximum atomic E-state index is 11.4. The van der Waals surface area contributed by atoms with Gasteiger partial charge in [0, 0.05) is 34.7 Å². The van der Waals surface area contributed by atoms with Crippen LogP contribution in [0, 0.1) is 0 Å². The predicted molar refractivity (Wildman–Crippen MR) is 128 cm³/mol. The van der Waals surface area contributed by atoms with Crippen molar-refractivity contribution in [2.24, 2.45) is 0 Å². The molecular weight excluding hydrogens is 444 g/mol. The quantitative estimate of drug-likeness (QED) is 0.326. The second kappa shape index (κ2) is 11.3. The average molecular weight is 471 g/mol. The first-order chi connectivity index (χ1) is 15.7. The molecule has 1 aliphatic heterocycles. The predicted octanol–water partition coefficient (Wildman–Crippen LogP) is 5.20. The standard InChI is InChI=1S/C23H26N4O3S2/c1-29-21(28)9-11-31-18-12-20(30-17-7-3-2-4-8-17)22(25-14-18)27-23-26-19(15-32-23)16-6-5-10-24-13-16/h2-4,7-8,12,14-16,24H,5-6,9-11,13H2,1H3,(H,25,26,27). The Labute approximate surface area is 196 Å². The number of thiazole rings is 1. The Balaban J connectivity index is 1.50. The van der Waals surface area contributed by atoms with Crippen LogP contribution in [0.2, 0.25) is 0 Å². The summed E-state index contributed by atoms with van der Waals surface area (Å²) in [5, 5.41) is 9.69. The molecule has 7 nitrogen and oxygen atoms in total. The number of carbonyl (C=O) groups excluding carboxylic acids is 1. The van der Waals surface area contributed by atoms with Crippen LogP contribution in [0.25, 0.3) is 0 Å². The van der Waals surface area contributed by atoms with Crippen LogP contribution in [0.15, 0.2) is 52.9 Å². The highest BCUT2D eigenvalue weighted by atomic mass is 32.2. The van der Waals surface area contributed by atoms with E-state index in [0.29, 0.717) is 29.7 Å². The van der Waals surface area contributed by atoms with Gasteiger partial charge in [-0.1, -0.05) is 18.2 Å². The maximum absolute atomic E-state index is 11.4. The van der Waals surface area contributed by atoms with Gasteiger partial charge >= 0.3 is 5.97 Å². The molecule has 4 rings (SSSR count). The summed E-state index contributed by atoms with van der Waals surface area (Å²) < 4.78 is 10.8. The smallest absolute Gasteiger partial charge is 0.306 e. The first kappa shape index (κ1) is 22.6. The summed E-state index contributed by atoms with van der Waals surface area (Å²) in [4.78, 5) is 21.7. The molecule has 9 heteroatoms. The van der Waals surface area contributed by atoms with E-state index in [-0.39, 0.29) is 5.97 Å². The molecule has 1 aliphatic rings. The highest BCUT2D eigenvalue weighted by Gasteiger charge is 2.19. The lowest BCUT2D eigenvalue weighted by Gasteiger charge is -2.20. The minimum Gasteiger partial charge on any atom is -0.469 e. The molecule has 0 radical (unpaired) electrons. The van der Waals surface area contributed by atoms with E-state index in [2.05, 4.69) is 21.0 Å². The fraction of sp³-hybridized carbons (Fsp3) is 0.348. The van der Waals surface area contributed by atoms with Crippen molar-refractivity contribution < 1.29 is 14.3 Å². The van der Waals surface area contributed by atoms with Crippen molar-refractivity contribution >= 4 is 40.0 Å². The van der Waals surface area contributed by atoms with Gasteiger partial charge in [-0.15, -0.1) is 23.1 Å². The zero-order chi connectivity index (χ0) is 22.2. The number of pyridine rings is 1. The molecule has 1 unspecified atom stereocenters. The van der Waals surface area contributed by atoms with E-state index >= 15 is 0 Å². The van der Waals surface area contributed by atoms with Crippen LogP contribution in [0.3, 0.4) is 0 Å². The second-order valence-corrected chi connectivity index (χ2v) is 9.38. The third kappa shape index (κ3) is 6.21. The first-order valence-electron chi connectivity index (χ1n) is 10.6. The zero-order valence-electron chi connectivity index (χ0n) is 17.9. The molecule has 2 N–H and O–H groups in total. The van der Waals surface area contributed by atoms with Crippen LogP contribution in [0.5, 0.6) is 11.5 Å². The number of carbonyl (C=O) groups is 1. The maximum Gasteiger partial charge on any atom is 0.306 e. The summed E-state index contributed by atoms with van der Waals surface area (Å²) in [7, 11) is 1.40. The van der Waals surface area contributed by atoms with Crippen molar-refractivity contribution in [2.75, 3.05) is 31.3 Å². The number of nitrogens with one attached hydrogen (secondary N) is 2. The van der Waals surface area contributed by atoms with Crippen molar-refractivity contribution in [1.82, 2.24) is 15.3 Å². The summed E-state index contributed by atoms with van der Waals surface area (Å²) in [6.07, 6.45) is 4.46. The van der Waals surface area contributed by atoms with E-state index in [0.717, 1.165) is 41.0 Å². The number of thioether (sulfide) groups is 1.